The molecule has 0 saturated carbocycles. The quantitative estimate of drug-likeness (QED) is 0.327. The van der Waals surface area contributed by atoms with Crippen LogP contribution in [0.3, 0.4) is 0 Å². The van der Waals surface area contributed by atoms with Gasteiger partial charge in [0.25, 0.3) is 5.91 Å². The monoisotopic (exact) mass is 445 g/mol. The number of anilines is 2. The fourth-order valence-electron chi connectivity index (χ4n) is 2.91. The summed E-state index contributed by atoms with van der Waals surface area (Å²) >= 11 is 0. The van der Waals surface area contributed by atoms with Crippen LogP contribution in [0.5, 0.6) is 0 Å². The number of aliphatic imine (C=N–C) groups is 1. The van der Waals surface area contributed by atoms with Crippen LogP contribution >= 0.6 is 0 Å². The molecule has 0 fully saturated rings. The van der Waals surface area contributed by atoms with E-state index < -0.39 is 0 Å². The van der Waals surface area contributed by atoms with Crippen molar-refractivity contribution < 1.29 is 14.3 Å². The first-order valence-corrected chi connectivity index (χ1v) is 10.5. The van der Waals surface area contributed by atoms with E-state index in [-0.39, 0.29) is 17.8 Å². The fraction of sp³-hybridized carbons (Fsp3) is 0.200. The van der Waals surface area contributed by atoms with Gasteiger partial charge < -0.3 is 15.0 Å². The number of esters is 1. The molecule has 0 aliphatic heterocycles. The Kier molecular flexibility index (Phi) is 8.13. The first-order chi connectivity index (χ1) is 16.0. The molecular weight excluding hydrogens is 418 g/mol. The van der Waals surface area contributed by atoms with Crippen LogP contribution in [0, 0.1) is 0 Å². The summed E-state index contributed by atoms with van der Waals surface area (Å²) in [6, 6.07) is 17.8. The summed E-state index contributed by atoms with van der Waals surface area (Å²) in [4.78, 5) is 35.3. The van der Waals surface area contributed by atoms with Crippen molar-refractivity contribution in [2.24, 2.45) is 4.99 Å². The van der Waals surface area contributed by atoms with Crippen LogP contribution in [0.15, 0.2) is 78.0 Å². The molecule has 0 spiro atoms. The molecule has 2 aromatic carbocycles. The first-order valence-electron chi connectivity index (χ1n) is 10.5. The van der Waals surface area contributed by atoms with Crippen molar-refractivity contribution in [1.29, 1.82) is 0 Å². The number of nitrogens with one attached hydrogen (secondary N) is 2. The largest absolute Gasteiger partial charge is 0.462 e. The molecule has 8 heteroatoms. The van der Waals surface area contributed by atoms with E-state index in [2.05, 4.69) is 20.6 Å². The molecular formula is C25H27N5O3. The van der Waals surface area contributed by atoms with Crippen molar-refractivity contribution >= 4 is 29.2 Å². The molecule has 0 radical (unpaired) electrons. The maximum absolute atomic E-state index is 12.9. The molecule has 1 amide bonds. The third-order valence-electron chi connectivity index (χ3n) is 4.68. The molecule has 0 unspecified atom stereocenters. The number of pyridine rings is 1. The van der Waals surface area contributed by atoms with Gasteiger partial charge in [0.15, 0.2) is 0 Å². The van der Waals surface area contributed by atoms with E-state index in [1.807, 2.05) is 49.3 Å². The second-order valence-electron chi connectivity index (χ2n) is 7.34. The van der Waals surface area contributed by atoms with Crippen LogP contribution in [0.1, 0.15) is 33.2 Å². The van der Waals surface area contributed by atoms with E-state index >= 15 is 0 Å². The predicted molar refractivity (Wildman–Crippen MR) is 130 cm³/mol. The van der Waals surface area contributed by atoms with E-state index in [1.54, 1.807) is 49.6 Å². The van der Waals surface area contributed by atoms with Gasteiger partial charge in [-0.25, -0.2) is 9.79 Å². The number of hydrogen-bond acceptors (Lipinski definition) is 6. The second-order valence-corrected chi connectivity index (χ2v) is 7.34. The highest BCUT2D eigenvalue weighted by Crippen LogP contribution is 2.14. The Labute approximate surface area is 193 Å². The van der Waals surface area contributed by atoms with Crippen LogP contribution in [0.2, 0.25) is 0 Å². The number of benzene rings is 2. The summed E-state index contributed by atoms with van der Waals surface area (Å²) < 4.78 is 5.02. The molecule has 3 aromatic rings. The number of ether oxygens (including phenoxy) is 1. The molecule has 1 heterocycles. The maximum atomic E-state index is 12.9. The van der Waals surface area contributed by atoms with E-state index in [1.165, 1.54) is 0 Å². The Morgan fingerprint density at radius 2 is 1.73 bits per heavy atom. The average molecular weight is 446 g/mol. The Morgan fingerprint density at radius 3 is 2.39 bits per heavy atom. The Balaban J connectivity index is 1.79. The molecule has 0 aliphatic rings. The van der Waals surface area contributed by atoms with Crippen LogP contribution in [-0.2, 0) is 11.3 Å². The minimum absolute atomic E-state index is 0.288. The van der Waals surface area contributed by atoms with Crippen LogP contribution in [0.4, 0.5) is 11.4 Å². The van der Waals surface area contributed by atoms with Crippen molar-refractivity contribution in [3.63, 3.8) is 0 Å². The van der Waals surface area contributed by atoms with E-state index in [9.17, 15) is 9.59 Å². The number of carbonyl (C=O) groups excluding carboxylic acids is 2. The lowest BCUT2D eigenvalue weighted by atomic mass is 10.2. The smallest absolute Gasteiger partial charge is 0.338 e. The molecule has 8 nitrogen and oxygen atoms in total. The Morgan fingerprint density at radius 1 is 1.00 bits per heavy atom. The SMILES string of the molecule is CCOC(=O)c1ccc(NC(=NCc2ccncc2)NC(=O)c2cccc(N(C)C)c2)cc1. The standard InChI is InChI=1S/C25H27N5O3/c1-4-33-24(32)19-8-10-21(11-9-19)28-25(27-17-18-12-14-26-15-13-18)29-23(31)20-6-5-7-22(16-20)30(2)3/h5-16H,4,17H2,1-3H3,(H2,27,28,29,31). The second kappa shape index (κ2) is 11.4. The van der Waals surface area contributed by atoms with Crippen LogP contribution in [0.25, 0.3) is 0 Å². The molecule has 1 aromatic heterocycles. The van der Waals surface area contributed by atoms with Crippen molar-refractivity contribution in [3.05, 3.63) is 89.7 Å². The highest BCUT2D eigenvalue weighted by atomic mass is 16.5. The molecule has 2 N–H and O–H groups in total. The molecule has 0 bridgehead atoms. The van der Waals surface area contributed by atoms with Gasteiger partial charge in [-0.05, 0) is 67.1 Å². The zero-order valence-electron chi connectivity index (χ0n) is 18.9. The van der Waals surface area contributed by atoms with Gasteiger partial charge in [-0.1, -0.05) is 6.07 Å². The van der Waals surface area contributed by atoms with Gasteiger partial charge in [0.1, 0.15) is 0 Å². The fourth-order valence-corrected chi connectivity index (χ4v) is 2.91. The normalized spacial score (nSPS) is 10.9. The van der Waals surface area contributed by atoms with Gasteiger partial charge >= 0.3 is 5.97 Å². The number of rotatable bonds is 7. The molecule has 0 saturated heterocycles. The maximum Gasteiger partial charge on any atom is 0.338 e. The third-order valence-corrected chi connectivity index (χ3v) is 4.68. The number of nitrogens with zero attached hydrogens (tertiary/aromatic N) is 3. The van der Waals surface area contributed by atoms with Crippen molar-refractivity contribution in [1.82, 2.24) is 10.3 Å². The summed E-state index contributed by atoms with van der Waals surface area (Å²) in [7, 11) is 3.83. The Bertz CT molecular complexity index is 1110. The molecule has 0 atom stereocenters. The molecule has 33 heavy (non-hydrogen) atoms. The van der Waals surface area contributed by atoms with Gasteiger partial charge in [0.2, 0.25) is 5.96 Å². The lowest BCUT2D eigenvalue weighted by molar-refractivity contribution is 0.0526. The van der Waals surface area contributed by atoms with Gasteiger partial charge in [-0.15, -0.1) is 0 Å². The topological polar surface area (TPSA) is 95.9 Å². The highest BCUT2D eigenvalue weighted by molar-refractivity contribution is 6.10. The minimum Gasteiger partial charge on any atom is -0.462 e. The zero-order valence-corrected chi connectivity index (χ0v) is 18.9. The summed E-state index contributed by atoms with van der Waals surface area (Å²) in [5.41, 5.74) is 3.49. The number of hydrogen-bond donors (Lipinski definition) is 2. The summed E-state index contributed by atoms with van der Waals surface area (Å²) in [6.45, 7) is 2.42. The summed E-state index contributed by atoms with van der Waals surface area (Å²) in [6.07, 6.45) is 3.38. The van der Waals surface area contributed by atoms with Crippen molar-refractivity contribution in [3.8, 4) is 0 Å². The van der Waals surface area contributed by atoms with E-state index in [0.29, 0.717) is 30.0 Å². The van der Waals surface area contributed by atoms with Gasteiger partial charge in [0, 0.05) is 43.4 Å². The zero-order chi connectivity index (χ0) is 23.6. The molecule has 0 aliphatic carbocycles. The average Bonchev–Trinajstić information content (AvgIpc) is 2.84. The lowest BCUT2D eigenvalue weighted by Crippen LogP contribution is -2.36. The van der Waals surface area contributed by atoms with E-state index in [4.69, 9.17) is 4.74 Å². The lowest BCUT2D eigenvalue weighted by Gasteiger charge is -2.15. The third kappa shape index (κ3) is 6.90. The number of guanidine groups is 1. The highest BCUT2D eigenvalue weighted by Gasteiger charge is 2.12. The van der Waals surface area contributed by atoms with Gasteiger partial charge in [-0.3, -0.25) is 15.1 Å². The first kappa shape index (κ1) is 23.5. The summed E-state index contributed by atoms with van der Waals surface area (Å²) in [5.74, 6) is -0.386. The number of carbonyl (C=O) groups is 2. The molecule has 170 valence electrons. The number of aromatic nitrogens is 1. The number of amides is 1. The van der Waals surface area contributed by atoms with Crippen LogP contribution in [-0.4, -0.2) is 43.5 Å². The van der Waals surface area contributed by atoms with Crippen molar-refractivity contribution in [2.75, 3.05) is 30.9 Å². The predicted octanol–water partition coefficient (Wildman–Crippen LogP) is 3.72. The van der Waals surface area contributed by atoms with E-state index in [0.717, 1.165) is 11.3 Å². The Hall–Kier alpha value is -4.20. The summed E-state index contributed by atoms with van der Waals surface area (Å²) in [5, 5.41) is 5.98. The van der Waals surface area contributed by atoms with Crippen molar-refractivity contribution in [2.45, 2.75) is 13.5 Å². The van der Waals surface area contributed by atoms with Crippen LogP contribution < -0.4 is 15.5 Å². The minimum atomic E-state index is -0.385. The molecule has 3 rings (SSSR count). The van der Waals surface area contributed by atoms with Gasteiger partial charge in [0.05, 0.1) is 18.7 Å². The van der Waals surface area contributed by atoms with Gasteiger partial charge in [-0.2, -0.15) is 0 Å².